The lowest BCUT2D eigenvalue weighted by Gasteiger charge is -2.13. The minimum absolute atomic E-state index is 0.0268. The molecular formula is C30H31Cl2N7O3. The number of pyridine rings is 1. The molecule has 4 aromatic rings. The SMILES string of the molecule is CCn1nc(-c2cccc(-c3cccc(C(=O)NCCCN(C)C)c3)c2)cc(NC(=O)Nc2c(Cl)cncc2Cl)c1=O. The van der Waals surface area contributed by atoms with Gasteiger partial charge in [-0.25, -0.2) is 9.48 Å². The lowest BCUT2D eigenvalue weighted by Crippen LogP contribution is -2.29. The van der Waals surface area contributed by atoms with Crippen molar-refractivity contribution in [3.8, 4) is 22.4 Å². The van der Waals surface area contributed by atoms with Crippen molar-refractivity contribution in [2.45, 2.75) is 19.9 Å². The number of halogens is 2. The number of hydrogen-bond donors (Lipinski definition) is 3. The van der Waals surface area contributed by atoms with Crippen molar-refractivity contribution in [2.24, 2.45) is 0 Å². The molecule has 0 aliphatic carbocycles. The molecule has 0 saturated heterocycles. The maximum absolute atomic E-state index is 13.0. The Morgan fingerprint density at radius 2 is 1.60 bits per heavy atom. The van der Waals surface area contributed by atoms with Gasteiger partial charge >= 0.3 is 6.03 Å². The largest absolute Gasteiger partial charge is 0.352 e. The first-order chi connectivity index (χ1) is 20.2. The third-order valence-corrected chi connectivity index (χ3v) is 6.87. The Labute approximate surface area is 253 Å². The van der Waals surface area contributed by atoms with E-state index in [9.17, 15) is 14.4 Å². The van der Waals surface area contributed by atoms with Gasteiger partial charge in [-0.2, -0.15) is 5.10 Å². The summed E-state index contributed by atoms with van der Waals surface area (Å²) in [5.41, 5.74) is 3.20. The van der Waals surface area contributed by atoms with Crippen molar-refractivity contribution < 1.29 is 9.59 Å². The molecule has 4 rings (SSSR count). The molecule has 10 nitrogen and oxygen atoms in total. The van der Waals surface area contributed by atoms with E-state index in [2.05, 4.69) is 30.9 Å². The predicted octanol–water partition coefficient (Wildman–Crippen LogP) is 5.62. The number of aryl methyl sites for hydroxylation is 1. The van der Waals surface area contributed by atoms with E-state index in [1.54, 1.807) is 13.0 Å². The van der Waals surface area contributed by atoms with Gasteiger partial charge in [-0.3, -0.25) is 14.6 Å². The first-order valence-corrected chi connectivity index (χ1v) is 14.0. The maximum Gasteiger partial charge on any atom is 0.323 e. The second kappa shape index (κ2) is 14.1. The summed E-state index contributed by atoms with van der Waals surface area (Å²) < 4.78 is 1.27. The fourth-order valence-electron chi connectivity index (χ4n) is 4.18. The van der Waals surface area contributed by atoms with E-state index in [0.717, 1.165) is 29.7 Å². The highest BCUT2D eigenvalue weighted by Gasteiger charge is 2.15. The van der Waals surface area contributed by atoms with Crippen LogP contribution in [-0.2, 0) is 6.54 Å². The lowest BCUT2D eigenvalue weighted by atomic mass is 9.99. The van der Waals surface area contributed by atoms with Gasteiger partial charge < -0.3 is 20.9 Å². The molecule has 218 valence electrons. The summed E-state index contributed by atoms with van der Waals surface area (Å²) in [5.74, 6) is -0.133. The third kappa shape index (κ3) is 7.73. The molecule has 0 aliphatic heterocycles. The molecule has 0 atom stereocenters. The fraction of sp³-hybridized carbons (Fsp3) is 0.233. The van der Waals surface area contributed by atoms with Crippen molar-refractivity contribution in [1.29, 1.82) is 0 Å². The number of nitrogens with one attached hydrogen (secondary N) is 3. The van der Waals surface area contributed by atoms with Gasteiger partial charge in [0, 0.05) is 36.6 Å². The Bertz CT molecular complexity index is 1640. The van der Waals surface area contributed by atoms with Gasteiger partial charge in [0.15, 0.2) is 0 Å². The zero-order valence-electron chi connectivity index (χ0n) is 23.4. The number of aromatic nitrogens is 3. The van der Waals surface area contributed by atoms with Crippen LogP contribution in [0.5, 0.6) is 0 Å². The Morgan fingerprint density at radius 1 is 0.929 bits per heavy atom. The zero-order chi connectivity index (χ0) is 30.2. The quantitative estimate of drug-likeness (QED) is 0.201. The van der Waals surface area contributed by atoms with Gasteiger partial charge in [-0.1, -0.05) is 53.5 Å². The maximum atomic E-state index is 13.0. The molecule has 42 heavy (non-hydrogen) atoms. The fourth-order valence-corrected chi connectivity index (χ4v) is 4.64. The minimum atomic E-state index is -0.701. The molecule has 0 unspecified atom stereocenters. The van der Waals surface area contributed by atoms with Gasteiger partial charge in [-0.05, 0) is 69.4 Å². The average molecular weight is 609 g/mol. The summed E-state index contributed by atoms with van der Waals surface area (Å²) in [6, 6.07) is 15.8. The number of amides is 3. The van der Waals surface area contributed by atoms with Gasteiger partial charge in [0.2, 0.25) is 0 Å². The van der Waals surface area contributed by atoms with Crippen molar-refractivity contribution in [1.82, 2.24) is 25.0 Å². The van der Waals surface area contributed by atoms with Crippen LogP contribution in [0.3, 0.4) is 0 Å². The summed E-state index contributed by atoms with van der Waals surface area (Å²) in [5, 5.41) is 12.9. The van der Waals surface area contributed by atoms with Crippen LogP contribution in [0.4, 0.5) is 16.2 Å². The van der Waals surface area contributed by atoms with Gasteiger partial charge in [-0.15, -0.1) is 0 Å². The average Bonchev–Trinajstić information content (AvgIpc) is 2.98. The minimum Gasteiger partial charge on any atom is -0.352 e. The van der Waals surface area contributed by atoms with Crippen LogP contribution in [0, 0.1) is 0 Å². The normalized spacial score (nSPS) is 10.9. The number of anilines is 2. The molecule has 2 aromatic carbocycles. The second-order valence-corrected chi connectivity index (χ2v) is 10.5. The van der Waals surface area contributed by atoms with Crippen molar-refractivity contribution in [3.05, 3.63) is 93.0 Å². The number of hydrogen-bond acceptors (Lipinski definition) is 6. The van der Waals surface area contributed by atoms with Crippen LogP contribution < -0.4 is 21.5 Å². The standard InChI is InChI=1S/C30H31Cl2N7O3/c1-4-39-29(41)26(35-30(42)36-27-23(31)17-33-18-24(27)32)16-25(37-39)21-10-5-8-19(14-21)20-9-6-11-22(15-20)28(40)34-12-7-13-38(2)3/h5-6,8-11,14-18H,4,7,12-13H2,1-3H3,(H,34,40)(H2,33,35,36,42). The molecule has 3 amide bonds. The molecule has 0 bridgehead atoms. The highest BCUT2D eigenvalue weighted by atomic mass is 35.5. The van der Waals surface area contributed by atoms with Crippen LogP contribution in [0.15, 0.2) is 71.8 Å². The first kappa shape index (κ1) is 30.7. The number of carbonyl (C=O) groups is 2. The monoisotopic (exact) mass is 607 g/mol. The predicted molar refractivity (Wildman–Crippen MR) is 167 cm³/mol. The van der Waals surface area contributed by atoms with Gasteiger partial charge in [0.1, 0.15) is 5.69 Å². The first-order valence-electron chi connectivity index (χ1n) is 13.3. The van der Waals surface area contributed by atoms with E-state index in [-0.39, 0.29) is 33.9 Å². The Kier molecular flexibility index (Phi) is 10.3. The Morgan fingerprint density at radius 3 is 2.29 bits per heavy atom. The van der Waals surface area contributed by atoms with E-state index in [4.69, 9.17) is 23.2 Å². The van der Waals surface area contributed by atoms with E-state index in [0.29, 0.717) is 17.8 Å². The number of nitrogens with zero attached hydrogens (tertiary/aromatic N) is 4. The molecular weight excluding hydrogens is 577 g/mol. The molecule has 0 spiro atoms. The summed E-state index contributed by atoms with van der Waals surface area (Å²) in [4.78, 5) is 44.4. The smallest absolute Gasteiger partial charge is 0.323 e. The summed E-state index contributed by atoms with van der Waals surface area (Å²) in [7, 11) is 3.99. The topological polar surface area (TPSA) is 121 Å². The van der Waals surface area contributed by atoms with Crippen LogP contribution in [0.2, 0.25) is 10.0 Å². The molecule has 0 fully saturated rings. The molecule has 0 aliphatic rings. The zero-order valence-corrected chi connectivity index (χ0v) is 25.0. The number of benzene rings is 2. The van der Waals surface area contributed by atoms with Gasteiger partial charge in [0.05, 0.1) is 21.4 Å². The van der Waals surface area contributed by atoms with E-state index in [1.165, 1.54) is 23.1 Å². The van der Waals surface area contributed by atoms with Gasteiger partial charge in [0.25, 0.3) is 11.5 Å². The molecule has 0 saturated carbocycles. The summed E-state index contributed by atoms with van der Waals surface area (Å²) >= 11 is 12.2. The lowest BCUT2D eigenvalue weighted by molar-refractivity contribution is 0.0952. The second-order valence-electron chi connectivity index (χ2n) is 9.70. The molecule has 2 heterocycles. The van der Waals surface area contributed by atoms with Crippen LogP contribution >= 0.6 is 23.2 Å². The summed E-state index contributed by atoms with van der Waals surface area (Å²) in [6.07, 6.45) is 3.55. The summed E-state index contributed by atoms with van der Waals surface area (Å²) in [6.45, 7) is 3.55. The number of carbonyl (C=O) groups excluding carboxylic acids is 2. The van der Waals surface area contributed by atoms with Crippen LogP contribution in [0.25, 0.3) is 22.4 Å². The highest BCUT2D eigenvalue weighted by molar-refractivity contribution is 6.39. The molecule has 3 N–H and O–H groups in total. The number of urea groups is 1. The van der Waals surface area contributed by atoms with Crippen LogP contribution in [0.1, 0.15) is 23.7 Å². The Balaban J connectivity index is 1.58. The van der Waals surface area contributed by atoms with Crippen molar-refractivity contribution in [3.63, 3.8) is 0 Å². The van der Waals surface area contributed by atoms with Crippen molar-refractivity contribution in [2.75, 3.05) is 37.8 Å². The van der Waals surface area contributed by atoms with Crippen molar-refractivity contribution >= 4 is 46.5 Å². The van der Waals surface area contributed by atoms with Crippen LogP contribution in [-0.4, -0.2) is 58.8 Å². The Hall–Kier alpha value is -4.25. The molecule has 2 aromatic heterocycles. The third-order valence-electron chi connectivity index (χ3n) is 6.30. The molecule has 0 radical (unpaired) electrons. The number of rotatable bonds is 10. The highest BCUT2D eigenvalue weighted by Crippen LogP contribution is 2.29. The molecule has 12 heteroatoms. The van der Waals surface area contributed by atoms with E-state index < -0.39 is 11.6 Å². The van der Waals surface area contributed by atoms with E-state index in [1.807, 2.05) is 56.6 Å². The van der Waals surface area contributed by atoms with E-state index >= 15 is 0 Å².